The fourth-order valence-corrected chi connectivity index (χ4v) is 6.11. The van der Waals surface area contributed by atoms with Crippen LogP contribution in [0.3, 0.4) is 0 Å². The molecule has 3 heterocycles. The number of hydrogen-bond donors (Lipinski definition) is 3. The van der Waals surface area contributed by atoms with Gasteiger partial charge in [0, 0.05) is 45.2 Å². The van der Waals surface area contributed by atoms with E-state index in [1.54, 1.807) is 6.07 Å². The Labute approximate surface area is 225 Å². The van der Waals surface area contributed by atoms with Crippen LogP contribution in [0.1, 0.15) is 48.9 Å². The number of anilines is 4. The first-order valence-electron chi connectivity index (χ1n) is 13.1. The number of alkyl halides is 2. The molecule has 212 valence electrons. The molecule has 1 spiro atoms. The monoisotopic (exact) mass is 567 g/mol. The standard InChI is InChI=1S/C26H32F3N5O4S/c27-22-20(3-10-30-23(22)34-13-8-26(28,29)9-14-34)31-24(36)19-2-1-18(32-39(37,38)16-15-35)17-21(19)33-11-6-25(4-5-25)7-12-33/h1-3,10,17,32,35H,4-9,11-16H2,(H,30,31,36). The maximum Gasteiger partial charge on any atom is 0.257 e. The van der Waals surface area contributed by atoms with Crippen LogP contribution in [-0.4, -0.2) is 68.9 Å². The Balaban J connectivity index is 1.39. The first-order valence-corrected chi connectivity index (χ1v) is 14.7. The summed E-state index contributed by atoms with van der Waals surface area (Å²) in [5.41, 5.74) is 1.24. The van der Waals surface area contributed by atoms with E-state index in [9.17, 15) is 22.0 Å². The molecule has 1 aromatic heterocycles. The van der Waals surface area contributed by atoms with Crippen molar-refractivity contribution >= 4 is 38.8 Å². The highest BCUT2D eigenvalue weighted by Gasteiger charge is 2.44. The van der Waals surface area contributed by atoms with Crippen molar-refractivity contribution in [3.63, 3.8) is 0 Å². The molecule has 3 fully saturated rings. The van der Waals surface area contributed by atoms with Gasteiger partial charge in [0.2, 0.25) is 10.0 Å². The van der Waals surface area contributed by atoms with Gasteiger partial charge in [-0.25, -0.2) is 26.6 Å². The van der Waals surface area contributed by atoms with Gasteiger partial charge in [0.1, 0.15) is 0 Å². The normalized spacial score (nSPS) is 20.1. The zero-order valence-corrected chi connectivity index (χ0v) is 22.2. The van der Waals surface area contributed by atoms with E-state index in [-0.39, 0.29) is 35.8 Å². The number of rotatable bonds is 8. The van der Waals surface area contributed by atoms with E-state index < -0.39 is 52.9 Å². The van der Waals surface area contributed by atoms with Crippen molar-refractivity contribution in [2.45, 2.75) is 44.4 Å². The van der Waals surface area contributed by atoms with Crippen molar-refractivity contribution in [3.8, 4) is 0 Å². The number of aliphatic hydroxyl groups is 1. The Morgan fingerprint density at radius 2 is 1.67 bits per heavy atom. The quantitative estimate of drug-likeness (QED) is 0.444. The number of nitrogens with one attached hydrogen (secondary N) is 2. The van der Waals surface area contributed by atoms with Gasteiger partial charge < -0.3 is 20.2 Å². The molecule has 1 saturated carbocycles. The van der Waals surface area contributed by atoms with Crippen LogP contribution < -0.4 is 19.8 Å². The van der Waals surface area contributed by atoms with E-state index in [2.05, 4.69) is 15.0 Å². The third kappa shape index (κ3) is 6.24. The third-order valence-corrected chi connectivity index (χ3v) is 9.18. The fraction of sp³-hybridized carbons (Fsp3) is 0.538. The minimum atomic E-state index is -3.78. The highest BCUT2D eigenvalue weighted by Crippen LogP contribution is 2.54. The van der Waals surface area contributed by atoms with Gasteiger partial charge in [-0.05, 0) is 55.4 Å². The van der Waals surface area contributed by atoms with Crippen molar-refractivity contribution < 1.29 is 31.5 Å². The average molecular weight is 568 g/mol. The molecule has 2 aliphatic heterocycles. The van der Waals surface area contributed by atoms with Gasteiger partial charge in [-0.3, -0.25) is 9.52 Å². The number of sulfonamides is 1. The Hall–Kier alpha value is -3.06. The topological polar surface area (TPSA) is 115 Å². The summed E-state index contributed by atoms with van der Waals surface area (Å²) in [6, 6.07) is 5.82. The molecule has 1 aromatic carbocycles. The predicted octanol–water partition coefficient (Wildman–Crippen LogP) is 3.82. The number of nitrogens with zero attached hydrogens (tertiary/aromatic N) is 3. The van der Waals surface area contributed by atoms with E-state index in [1.165, 1.54) is 42.1 Å². The van der Waals surface area contributed by atoms with E-state index >= 15 is 4.39 Å². The number of aromatic nitrogens is 1. The van der Waals surface area contributed by atoms with Crippen LogP contribution in [0, 0.1) is 11.2 Å². The molecule has 3 N–H and O–H groups in total. The maximum absolute atomic E-state index is 15.4. The number of piperidine rings is 2. The first kappa shape index (κ1) is 27.5. The van der Waals surface area contributed by atoms with E-state index in [0.29, 0.717) is 24.2 Å². The lowest BCUT2D eigenvalue weighted by molar-refractivity contribution is -0.0222. The Bertz CT molecular complexity index is 1330. The van der Waals surface area contributed by atoms with E-state index in [0.717, 1.165) is 12.8 Å². The molecule has 9 nitrogen and oxygen atoms in total. The number of benzene rings is 1. The smallest absolute Gasteiger partial charge is 0.257 e. The Morgan fingerprint density at radius 3 is 2.31 bits per heavy atom. The van der Waals surface area contributed by atoms with E-state index in [1.807, 2.05) is 4.90 Å². The van der Waals surface area contributed by atoms with Gasteiger partial charge in [-0.2, -0.15) is 0 Å². The van der Waals surface area contributed by atoms with Crippen LogP contribution in [0.2, 0.25) is 0 Å². The molecule has 2 aromatic rings. The maximum atomic E-state index is 15.4. The van der Waals surface area contributed by atoms with Crippen molar-refractivity contribution in [2.75, 3.05) is 58.4 Å². The number of carbonyl (C=O) groups is 1. The summed E-state index contributed by atoms with van der Waals surface area (Å²) in [6.45, 7) is 0.752. The number of pyridine rings is 1. The Kier molecular flexibility index (Phi) is 7.40. The van der Waals surface area contributed by atoms with Crippen LogP contribution >= 0.6 is 0 Å². The molecule has 0 radical (unpaired) electrons. The molecule has 13 heteroatoms. The molecular weight excluding hydrogens is 535 g/mol. The second-order valence-electron chi connectivity index (χ2n) is 10.7. The van der Waals surface area contributed by atoms with Crippen LogP contribution in [0.15, 0.2) is 30.5 Å². The molecule has 3 aliphatic rings. The van der Waals surface area contributed by atoms with Crippen molar-refractivity contribution in [3.05, 3.63) is 41.8 Å². The molecule has 2 saturated heterocycles. The lowest BCUT2D eigenvalue weighted by atomic mass is 9.93. The SMILES string of the molecule is O=C(Nc1ccnc(N2CCC(F)(F)CC2)c1F)c1ccc(NS(=O)(=O)CCO)cc1N1CCC2(CC1)CC2. The van der Waals surface area contributed by atoms with Gasteiger partial charge in [-0.15, -0.1) is 0 Å². The number of hydrogen-bond acceptors (Lipinski definition) is 7. The number of halogens is 3. The number of carbonyl (C=O) groups excluding carboxylic acids is 1. The van der Waals surface area contributed by atoms with Gasteiger partial charge in [0.05, 0.1) is 35.0 Å². The lowest BCUT2D eigenvalue weighted by Crippen LogP contribution is -2.40. The van der Waals surface area contributed by atoms with Gasteiger partial charge in [-0.1, -0.05) is 0 Å². The molecule has 5 rings (SSSR count). The second kappa shape index (κ2) is 10.5. The number of aliphatic hydroxyl groups excluding tert-OH is 1. The summed E-state index contributed by atoms with van der Waals surface area (Å²) in [7, 11) is -3.78. The molecule has 1 amide bonds. The average Bonchev–Trinajstić information content (AvgIpc) is 3.64. The zero-order valence-electron chi connectivity index (χ0n) is 21.4. The van der Waals surface area contributed by atoms with E-state index in [4.69, 9.17) is 5.11 Å². The molecule has 1 aliphatic carbocycles. The molecular formula is C26H32F3N5O4S. The first-order chi connectivity index (χ1) is 18.5. The molecule has 0 unspecified atom stereocenters. The van der Waals surface area contributed by atoms with Crippen LogP contribution in [-0.2, 0) is 10.0 Å². The molecule has 0 atom stereocenters. The minimum Gasteiger partial charge on any atom is -0.395 e. The second-order valence-corrected chi connectivity index (χ2v) is 12.5. The highest BCUT2D eigenvalue weighted by molar-refractivity contribution is 7.92. The lowest BCUT2D eigenvalue weighted by Gasteiger charge is -2.35. The van der Waals surface area contributed by atoms with Crippen LogP contribution in [0.25, 0.3) is 0 Å². The van der Waals surface area contributed by atoms with Crippen molar-refractivity contribution in [1.82, 2.24) is 4.98 Å². The summed E-state index contributed by atoms with van der Waals surface area (Å²) in [5, 5.41) is 11.6. The third-order valence-electron chi connectivity index (χ3n) is 7.91. The fourth-order valence-electron chi connectivity index (χ4n) is 5.28. The van der Waals surface area contributed by atoms with Crippen LogP contribution in [0.5, 0.6) is 0 Å². The summed E-state index contributed by atoms with van der Waals surface area (Å²) >= 11 is 0. The number of amides is 1. The minimum absolute atomic E-state index is 0.0530. The van der Waals surface area contributed by atoms with Crippen molar-refractivity contribution in [1.29, 1.82) is 0 Å². The van der Waals surface area contributed by atoms with Gasteiger partial charge in [0.25, 0.3) is 11.8 Å². The summed E-state index contributed by atoms with van der Waals surface area (Å²) < 4.78 is 69.4. The predicted molar refractivity (Wildman–Crippen MR) is 143 cm³/mol. The highest BCUT2D eigenvalue weighted by atomic mass is 32.2. The Morgan fingerprint density at radius 1 is 1.00 bits per heavy atom. The van der Waals surface area contributed by atoms with Gasteiger partial charge >= 0.3 is 0 Å². The summed E-state index contributed by atoms with van der Waals surface area (Å²) in [6.07, 6.45) is 4.82. The summed E-state index contributed by atoms with van der Waals surface area (Å²) in [4.78, 5) is 20.9. The molecule has 39 heavy (non-hydrogen) atoms. The summed E-state index contributed by atoms with van der Waals surface area (Å²) in [5.74, 6) is -4.75. The van der Waals surface area contributed by atoms with Crippen molar-refractivity contribution in [2.24, 2.45) is 5.41 Å². The molecule has 0 bridgehead atoms. The largest absolute Gasteiger partial charge is 0.395 e. The van der Waals surface area contributed by atoms with Crippen LogP contribution in [0.4, 0.5) is 36.1 Å². The zero-order chi connectivity index (χ0) is 27.8. The van der Waals surface area contributed by atoms with Gasteiger partial charge in [0.15, 0.2) is 11.6 Å².